The molecule has 0 aromatic carbocycles. The first-order valence-electron chi connectivity index (χ1n) is 7.95. The molecule has 2 heterocycles. The maximum Gasteiger partial charge on any atom is 0.146 e. The van der Waals surface area contributed by atoms with Gasteiger partial charge >= 0.3 is 0 Å². The van der Waals surface area contributed by atoms with Gasteiger partial charge in [-0.05, 0) is 38.3 Å². The second-order valence-corrected chi connectivity index (χ2v) is 6.67. The van der Waals surface area contributed by atoms with Crippen LogP contribution in [-0.2, 0) is 11.2 Å². The van der Waals surface area contributed by atoms with Gasteiger partial charge < -0.3 is 5.32 Å². The van der Waals surface area contributed by atoms with Gasteiger partial charge in [0.15, 0.2) is 0 Å². The van der Waals surface area contributed by atoms with E-state index in [9.17, 15) is 4.79 Å². The highest BCUT2D eigenvalue weighted by Gasteiger charge is 2.34. The summed E-state index contributed by atoms with van der Waals surface area (Å²) in [5.74, 6) is 0.335. The normalized spacial score (nSPS) is 27.9. The number of nitrogens with zero attached hydrogens (tertiary/aromatic N) is 2. The largest absolute Gasteiger partial charge is 0.316 e. The summed E-state index contributed by atoms with van der Waals surface area (Å²) in [6.07, 6.45) is 9.72. The Bertz CT molecular complexity index is 468. The molecule has 4 heteroatoms. The molecular formula is C16H25N3O. The molecule has 20 heavy (non-hydrogen) atoms. The van der Waals surface area contributed by atoms with Gasteiger partial charge in [-0.3, -0.25) is 9.48 Å². The van der Waals surface area contributed by atoms with Crippen molar-refractivity contribution in [2.24, 2.45) is 5.41 Å². The number of nitrogens with one attached hydrogen (secondary N) is 1. The van der Waals surface area contributed by atoms with Crippen LogP contribution in [0, 0.1) is 5.41 Å². The van der Waals surface area contributed by atoms with Gasteiger partial charge in [-0.25, -0.2) is 0 Å². The van der Waals surface area contributed by atoms with Gasteiger partial charge in [0.05, 0.1) is 18.2 Å². The first-order chi connectivity index (χ1) is 9.67. The molecule has 2 aliphatic rings. The van der Waals surface area contributed by atoms with Crippen molar-refractivity contribution in [3.8, 4) is 0 Å². The van der Waals surface area contributed by atoms with Crippen LogP contribution in [0.2, 0.25) is 0 Å². The highest BCUT2D eigenvalue weighted by atomic mass is 16.1. The van der Waals surface area contributed by atoms with Crippen LogP contribution >= 0.6 is 0 Å². The lowest BCUT2D eigenvalue weighted by Gasteiger charge is -2.32. The van der Waals surface area contributed by atoms with Crippen molar-refractivity contribution in [1.82, 2.24) is 15.1 Å². The summed E-state index contributed by atoms with van der Waals surface area (Å²) in [5, 5.41) is 7.98. The Balaban J connectivity index is 1.63. The third-order valence-corrected chi connectivity index (χ3v) is 4.97. The Kier molecular flexibility index (Phi) is 3.92. The maximum absolute atomic E-state index is 12.5. The molecule has 110 valence electrons. The predicted octanol–water partition coefficient (Wildman–Crippen LogP) is 2.50. The lowest BCUT2D eigenvalue weighted by atomic mass is 9.77. The minimum absolute atomic E-state index is 0.199. The van der Waals surface area contributed by atoms with E-state index in [0.717, 1.165) is 31.6 Å². The quantitative estimate of drug-likeness (QED) is 0.918. The van der Waals surface area contributed by atoms with Crippen molar-refractivity contribution in [3.05, 3.63) is 18.0 Å². The Morgan fingerprint density at radius 2 is 2.25 bits per heavy atom. The third-order valence-electron chi connectivity index (χ3n) is 4.97. The van der Waals surface area contributed by atoms with Crippen LogP contribution in [0.4, 0.5) is 0 Å². The number of hydrogen-bond acceptors (Lipinski definition) is 3. The molecule has 1 atom stereocenters. The van der Waals surface area contributed by atoms with Crippen molar-refractivity contribution in [2.45, 2.75) is 57.9 Å². The molecule has 2 fully saturated rings. The number of carbonyl (C=O) groups excluding carboxylic acids is 1. The van der Waals surface area contributed by atoms with Gasteiger partial charge in [0.1, 0.15) is 5.78 Å². The number of piperidine rings is 1. The SMILES string of the molecule is CC1(C(=O)Cc2ccn(C3CCCC3)n2)CCCNC1. The lowest BCUT2D eigenvalue weighted by molar-refractivity contribution is -0.128. The van der Waals surface area contributed by atoms with Gasteiger partial charge in [-0.15, -0.1) is 0 Å². The molecule has 3 rings (SSSR count). The van der Waals surface area contributed by atoms with Crippen LogP contribution in [0.15, 0.2) is 12.3 Å². The molecule has 1 aromatic heterocycles. The number of Topliss-reactive ketones (excluding diaryl/α,β-unsaturated/α-hetero) is 1. The molecule has 0 amide bonds. The highest BCUT2D eigenvalue weighted by Crippen LogP contribution is 2.30. The minimum Gasteiger partial charge on any atom is -0.316 e. The summed E-state index contributed by atoms with van der Waals surface area (Å²) in [7, 11) is 0. The number of rotatable bonds is 4. The van der Waals surface area contributed by atoms with Crippen molar-refractivity contribution >= 4 is 5.78 Å². The summed E-state index contributed by atoms with van der Waals surface area (Å²) in [6.45, 7) is 3.95. The van der Waals surface area contributed by atoms with Crippen LogP contribution in [-0.4, -0.2) is 28.7 Å². The average Bonchev–Trinajstić information content (AvgIpc) is 3.09. The summed E-state index contributed by atoms with van der Waals surface area (Å²) in [6, 6.07) is 2.58. The first-order valence-corrected chi connectivity index (χ1v) is 7.95. The standard InChI is InChI=1S/C16H25N3O/c1-16(8-4-9-17-12-16)15(20)11-13-7-10-19(18-13)14-5-2-3-6-14/h7,10,14,17H,2-6,8-9,11-12H2,1H3. The fraction of sp³-hybridized carbons (Fsp3) is 0.750. The molecule has 1 aliphatic heterocycles. The Morgan fingerprint density at radius 3 is 2.95 bits per heavy atom. The molecule has 1 aromatic rings. The van der Waals surface area contributed by atoms with Gasteiger partial charge in [-0.2, -0.15) is 5.10 Å². The monoisotopic (exact) mass is 275 g/mol. The van der Waals surface area contributed by atoms with Crippen molar-refractivity contribution < 1.29 is 4.79 Å². The van der Waals surface area contributed by atoms with E-state index in [1.807, 2.05) is 6.07 Å². The molecule has 1 unspecified atom stereocenters. The minimum atomic E-state index is -0.199. The number of aromatic nitrogens is 2. The third kappa shape index (κ3) is 2.80. The lowest BCUT2D eigenvalue weighted by Crippen LogP contribution is -2.44. The predicted molar refractivity (Wildman–Crippen MR) is 78.7 cm³/mol. The fourth-order valence-electron chi connectivity index (χ4n) is 3.52. The Morgan fingerprint density at radius 1 is 1.45 bits per heavy atom. The Labute approximate surface area is 120 Å². The molecule has 0 radical (unpaired) electrons. The van der Waals surface area contributed by atoms with Crippen LogP contribution in [0.25, 0.3) is 0 Å². The van der Waals surface area contributed by atoms with Gasteiger partial charge in [0.2, 0.25) is 0 Å². The number of carbonyl (C=O) groups is 1. The van der Waals surface area contributed by atoms with Crippen molar-refractivity contribution in [3.63, 3.8) is 0 Å². The smallest absolute Gasteiger partial charge is 0.146 e. The summed E-state index contributed by atoms with van der Waals surface area (Å²) in [4.78, 5) is 12.5. The van der Waals surface area contributed by atoms with E-state index >= 15 is 0 Å². The molecule has 1 saturated heterocycles. The topological polar surface area (TPSA) is 46.9 Å². The second kappa shape index (κ2) is 5.68. The number of hydrogen-bond donors (Lipinski definition) is 1. The Hall–Kier alpha value is -1.16. The van der Waals surface area contributed by atoms with Crippen molar-refractivity contribution in [1.29, 1.82) is 0 Å². The van der Waals surface area contributed by atoms with Crippen LogP contribution in [0.1, 0.15) is 57.2 Å². The zero-order chi connectivity index (χ0) is 14.0. The summed E-state index contributed by atoms with van der Waals surface area (Å²) >= 11 is 0. The van der Waals surface area contributed by atoms with E-state index in [4.69, 9.17) is 0 Å². The van der Waals surface area contributed by atoms with E-state index in [1.165, 1.54) is 25.7 Å². The molecular weight excluding hydrogens is 250 g/mol. The summed E-state index contributed by atoms with van der Waals surface area (Å²) < 4.78 is 2.08. The molecule has 0 spiro atoms. The van der Waals surface area contributed by atoms with E-state index in [2.05, 4.69) is 28.2 Å². The molecule has 1 aliphatic carbocycles. The molecule has 4 nitrogen and oxygen atoms in total. The van der Waals surface area contributed by atoms with E-state index in [0.29, 0.717) is 18.2 Å². The van der Waals surface area contributed by atoms with E-state index < -0.39 is 0 Å². The average molecular weight is 275 g/mol. The molecule has 1 N–H and O–H groups in total. The van der Waals surface area contributed by atoms with Gasteiger partial charge in [0, 0.05) is 18.2 Å². The zero-order valence-electron chi connectivity index (χ0n) is 12.4. The fourth-order valence-corrected chi connectivity index (χ4v) is 3.52. The van der Waals surface area contributed by atoms with Crippen LogP contribution in [0.3, 0.4) is 0 Å². The van der Waals surface area contributed by atoms with Crippen molar-refractivity contribution in [2.75, 3.05) is 13.1 Å². The highest BCUT2D eigenvalue weighted by molar-refractivity contribution is 5.86. The van der Waals surface area contributed by atoms with Gasteiger partial charge in [0.25, 0.3) is 0 Å². The van der Waals surface area contributed by atoms with E-state index in [-0.39, 0.29) is 5.41 Å². The summed E-state index contributed by atoms with van der Waals surface area (Å²) in [5.41, 5.74) is 0.740. The first kappa shape index (κ1) is 13.8. The molecule has 1 saturated carbocycles. The zero-order valence-corrected chi connectivity index (χ0v) is 12.4. The van der Waals surface area contributed by atoms with Crippen LogP contribution in [0.5, 0.6) is 0 Å². The van der Waals surface area contributed by atoms with Crippen LogP contribution < -0.4 is 5.32 Å². The van der Waals surface area contributed by atoms with Gasteiger partial charge in [-0.1, -0.05) is 19.8 Å². The van der Waals surface area contributed by atoms with E-state index in [1.54, 1.807) is 0 Å². The number of ketones is 1. The second-order valence-electron chi connectivity index (χ2n) is 6.67. The molecule has 0 bridgehead atoms. The maximum atomic E-state index is 12.5.